The second-order valence-corrected chi connectivity index (χ2v) is 4.83. The molecule has 2 heteroatoms. The summed E-state index contributed by atoms with van der Waals surface area (Å²) >= 11 is 0. The number of hydrogen-bond donors (Lipinski definition) is 2. The van der Waals surface area contributed by atoms with Crippen LogP contribution in [0.1, 0.15) is 39.4 Å². The third kappa shape index (κ3) is 3.33. The van der Waals surface area contributed by atoms with Crippen LogP contribution in [0.2, 0.25) is 0 Å². The van der Waals surface area contributed by atoms with Crippen molar-refractivity contribution < 1.29 is 5.11 Å². The zero-order valence-corrected chi connectivity index (χ0v) is 9.99. The van der Waals surface area contributed by atoms with Crippen LogP contribution in [-0.4, -0.2) is 16.7 Å². The summed E-state index contributed by atoms with van der Waals surface area (Å²) in [5.74, 6) is 0. The predicted molar refractivity (Wildman–Crippen MR) is 63.8 cm³/mol. The molecule has 0 aliphatic rings. The van der Waals surface area contributed by atoms with E-state index in [2.05, 4.69) is 19.2 Å². The molecule has 1 atom stereocenters. The van der Waals surface area contributed by atoms with Gasteiger partial charge in [0.15, 0.2) is 0 Å². The monoisotopic (exact) mass is 207 g/mol. The fraction of sp³-hybridized carbons (Fsp3) is 0.538. The zero-order chi connectivity index (χ0) is 11.5. The number of aliphatic hydroxyl groups excluding tert-OH is 1. The second-order valence-electron chi connectivity index (χ2n) is 4.83. The van der Waals surface area contributed by atoms with Crippen molar-refractivity contribution in [2.75, 3.05) is 0 Å². The highest BCUT2D eigenvalue weighted by molar-refractivity contribution is 5.20. The van der Waals surface area contributed by atoms with Crippen LogP contribution in [-0.2, 0) is 0 Å². The summed E-state index contributed by atoms with van der Waals surface area (Å²) in [4.78, 5) is 0. The van der Waals surface area contributed by atoms with Crippen LogP contribution in [0.25, 0.3) is 0 Å². The molecule has 1 aromatic rings. The Morgan fingerprint density at radius 3 is 2.13 bits per heavy atom. The topological polar surface area (TPSA) is 32.3 Å². The molecule has 0 aliphatic heterocycles. The maximum atomic E-state index is 10.2. The van der Waals surface area contributed by atoms with E-state index in [0.717, 1.165) is 5.56 Å². The summed E-state index contributed by atoms with van der Waals surface area (Å²) in [5.41, 5.74) is 0.644. The van der Waals surface area contributed by atoms with E-state index in [-0.39, 0.29) is 5.54 Å². The molecule has 1 aromatic carbocycles. The molecule has 0 saturated heterocycles. The van der Waals surface area contributed by atoms with Gasteiger partial charge in [-0.25, -0.2) is 0 Å². The lowest BCUT2D eigenvalue weighted by atomic mass is 9.90. The van der Waals surface area contributed by atoms with Gasteiger partial charge in [0.25, 0.3) is 0 Å². The van der Waals surface area contributed by atoms with Crippen molar-refractivity contribution >= 4 is 0 Å². The van der Waals surface area contributed by atoms with E-state index in [9.17, 15) is 5.11 Å². The Bertz CT molecular complexity index is 293. The smallest absolute Gasteiger partial charge is 0.0966 e. The van der Waals surface area contributed by atoms with Crippen molar-refractivity contribution in [2.24, 2.45) is 0 Å². The van der Waals surface area contributed by atoms with Crippen molar-refractivity contribution in [3.8, 4) is 0 Å². The van der Waals surface area contributed by atoms with Gasteiger partial charge in [0.2, 0.25) is 0 Å². The first-order chi connectivity index (χ1) is 6.93. The Hall–Kier alpha value is -0.860. The van der Waals surface area contributed by atoms with E-state index in [1.807, 2.05) is 44.2 Å². The molecule has 84 valence electrons. The average molecular weight is 207 g/mol. The van der Waals surface area contributed by atoms with Crippen LogP contribution in [0.15, 0.2) is 30.3 Å². The average Bonchev–Trinajstić information content (AvgIpc) is 2.16. The van der Waals surface area contributed by atoms with Gasteiger partial charge in [0.1, 0.15) is 0 Å². The molecular formula is C13H21NO. The minimum Gasteiger partial charge on any atom is -0.387 e. The van der Waals surface area contributed by atoms with Crippen LogP contribution >= 0.6 is 0 Å². The molecule has 0 aliphatic carbocycles. The molecule has 2 nitrogen and oxygen atoms in total. The molecule has 1 rings (SSSR count). The molecule has 15 heavy (non-hydrogen) atoms. The second kappa shape index (κ2) is 4.77. The Morgan fingerprint density at radius 2 is 1.67 bits per heavy atom. The van der Waals surface area contributed by atoms with E-state index in [4.69, 9.17) is 0 Å². The SMILES string of the molecule is CC(C)NC(C)(C)C(O)c1ccccc1. The molecule has 0 spiro atoms. The number of nitrogens with one attached hydrogen (secondary N) is 1. The number of hydrogen-bond acceptors (Lipinski definition) is 2. The molecule has 0 aromatic heterocycles. The first kappa shape index (κ1) is 12.2. The summed E-state index contributed by atoms with van der Waals surface area (Å²) in [6.45, 7) is 8.20. The van der Waals surface area contributed by atoms with Crippen LogP contribution < -0.4 is 5.32 Å². The maximum absolute atomic E-state index is 10.2. The first-order valence-electron chi connectivity index (χ1n) is 5.44. The molecule has 0 bridgehead atoms. The van der Waals surface area contributed by atoms with Gasteiger partial charge in [-0.2, -0.15) is 0 Å². The van der Waals surface area contributed by atoms with Crippen molar-refractivity contribution in [1.29, 1.82) is 0 Å². The fourth-order valence-electron chi connectivity index (χ4n) is 1.87. The van der Waals surface area contributed by atoms with Gasteiger partial charge in [-0.15, -0.1) is 0 Å². The molecule has 0 heterocycles. The van der Waals surface area contributed by atoms with E-state index < -0.39 is 6.10 Å². The third-order valence-electron chi connectivity index (χ3n) is 2.46. The molecule has 2 N–H and O–H groups in total. The van der Waals surface area contributed by atoms with E-state index in [1.54, 1.807) is 0 Å². The van der Waals surface area contributed by atoms with Gasteiger partial charge in [-0.3, -0.25) is 0 Å². The summed E-state index contributed by atoms with van der Waals surface area (Å²) in [7, 11) is 0. The van der Waals surface area contributed by atoms with Gasteiger partial charge in [0.05, 0.1) is 6.10 Å². The molecule has 0 fully saturated rings. The van der Waals surface area contributed by atoms with E-state index in [1.165, 1.54) is 0 Å². The molecular weight excluding hydrogens is 186 g/mol. The van der Waals surface area contributed by atoms with Crippen LogP contribution in [0.4, 0.5) is 0 Å². The minimum atomic E-state index is -0.485. The first-order valence-corrected chi connectivity index (χ1v) is 5.44. The predicted octanol–water partition coefficient (Wildman–Crippen LogP) is 2.50. The highest BCUT2D eigenvalue weighted by atomic mass is 16.3. The fourth-order valence-corrected chi connectivity index (χ4v) is 1.87. The zero-order valence-electron chi connectivity index (χ0n) is 9.99. The quantitative estimate of drug-likeness (QED) is 0.795. The lowest BCUT2D eigenvalue weighted by Crippen LogP contribution is -2.48. The van der Waals surface area contributed by atoms with E-state index >= 15 is 0 Å². The van der Waals surface area contributed by atoms with Crippen molar-refractivity contribution in [3.05, 3.63) is 35.9 Å². The Kier molecular flexibility index (Phi) is 3.89. The number of benzene rings is 1. The van der Waals surface area contributed by atoms with Crippen LogP contribution in [0.3, 0.4) is 0 Å². The molecule has 0 saturated carbocycles. The third-order valence-corrected chi connectivity index (χ3v) is 2.46. The molecule has 1 unspecified atom stereocenters. The summed E-state index contributed by atoms with van der Waals surface area (Å²) in [6, 6.07) is 10.1. The lowest BCUT2D eigenvalue weighted by molar-refractivity contribution is 0.0749. The van der Waals surface area contributed by atoms with Gasteiger partial charge in [0, 0.05) is 11.6 Å². The number of rotatable bonds is 4. The Balaban J connectivity index is 2.79. The summed E-state index contributed by atoms with van der Waals surface area (Å²) in [5, 5.41) is 13.6. The largest absolute Gasteiger partial charge is 0.387 e. The number of aliphatic hydroxyl groups is 1. The van der Waals surface area contributed by atoms with Crippen LogP contribution in [0, 0.1) is 0 Å². The summed E-state index contributed by atoms with van der Waals surface area (Å²) in [6.07, 6.45) is -0.485. The maximum Gasteiger partial charge on any atom is 0.0966 e. The van der Waals surface area contributed by atoms with Gasteiger partial charge in [-0.05, 0) is 19.4 Å². The highest BCUT2D eigenvalue weighted by Crippen LogP contribution is 2.25. The summed E-state index contributed by atoms with van der Waals surface area (Å²) < 4.78 is 0. The lowest BCUT2D eigenvalue weighted by Gasteiger charge is -2.34. The van der Waals surface area contributed by atoms with Gasteiger partial charge in [-0.1, -0.05) is 44.2 Å². The molecule has 0 radical (unpaired) electrons. The van der Waals surface area contributed by atoms with Crippen molar-refractivity contribution in [2.45, 2.75) is 45.4 Å². The van der Waals surface area contributed by atoms with Crippen LogP contribution in [0.5, 0.6) is 0 Å². The van der Waals surface area contributed by atoms with Gasteiger partial charge >= 0.3 is 0 Å². The standard InChI is InChI=1S/C13H21NO/c1-10(2)14-13(3,4)12(15)11-8-6-5-7-9-11/h5-10,12,14-15H,1-4H3. The van der Waals surface area contributed by atoms with Gasteiger partial charge < -0.3 is 10.4 Å². The van der Waals surface area contributed by atoms with E-state index in [0.29, 0.717) is 6.04 Å². The Labute approximate surface area is 92.3 Å². The van der Waals surface area contributed by atoms with Crippen molar-refractivity contribution in [3.63, 3.8) is 0 Å². The van der Waals surface area contributed by atoms with Crippen molar-refractivity contribution in [1.82, 2.24) is 5.32 Å². The Morgan fingerprint density at radius 1 is 1.13 bits per heavy atom. The highest BCUT2D eigenvalue weighted by Gasteiger charge is 2.28. The normalized spacial score (nSPS) is 14.3. The minimum absolute atomic E-state index is 0.310. The molecule has 0 amide bonds.